The van der Waals surface area contributed by atoms with Crippen LogP contribution < -0.4 is 0 Å². The first-order valence-electron chi connectivity index (χ1n) is 4.19. The minimum atomic E-state index is -0.0533. The standard InChI is InChI=1S/C9H5N3OS2/c13-8(6-3-10-5-15-6)7-9-12(4-11-7)1-2-14-9/h1-5H. The Labute approximate surface area is 92.9 Å². The van der Waals surface area contributed by atoms with Crippen molar-refractivity contribution in [2.45, 2.75) is 0 Å². The molecule has 3 rings (SSSR count). The average molecular weight is 235 g/mol. The number of carbonyl (C=O) groups excluding carboxylic acids is 1. The summed E-state index contributed by atoms with van der Waals surface area (Å²) in [7, 11) is 0. The van der Waals surface area contributed by atoms with Crippen LogP contribution in [0.15, 0.2) is 29.6 Å². The van der Waals surface area contributed by atoms with Gasteiger partial charge in [0.1, 0.15) is 16.9 Å². The zero-order valence-electron chi connectivity index (χ0n) is 7.45. The van der Waals surface area contributed by atoms with Crippen molar-refractivity contribution in [3.05, 3.63) is 40.2 Å². The Morgan fingerprint density at radius 3 is 3.13 bits per heavy atom. The van der Waals surface area contributed by atoms with E-state index in [0.29, 0.717) is 10.6 Å². The Bertz CT molecular complexity index is 608. The normalized spacial score (nSPS) is 10.9. The molecule has 0 fully saturated rings. The summed E-state index contributed by atoms with van der Waals surface area (Å²) in [4.78, 5) is 21.5. The van der Waals surface area contributed by atoms with Crippen molar-refractivity contribution in [2.24, 2.45) is 0 Å². The van der Waals surface area contributed by atoms with E-state index in [0.717, 1.165) is 4.83 Å². The maximum absolute atomic E-state index is 12.0. The molecule has 0 bridgehead atoms. The Morgan fingerprint density at radius 1 is 1.40 bits per heavy atom. The van der Waals surface area contributed by atoms with Gasteiger partial charge in [-0.2, -0.15) is 0 Å². The van der Waals surface area contributed by atoms with Gasteiger partial charge in [-0.15, -0.1) is 22.7 Å². The second kappa shape index (κ2) is 3.25. The van der Waals surface area contributed by atoms with Gasteiger partial charge in [0, 0.05) is 17.8 Å². The number of imidazole rings is 1. The smallest absolute Gasteiger partial charge is 0.225 e. The van der Waals surface area contributed by atoms with E-state index in [9.17, 15) is 4.79 Å². The van der Waals surface area contributed by atoms with Gasteiger partial charge in [0.05, 0.1) is 10.4 Å². The van der Waals surface area contributed by atoms with E-state index in [-0.39, 0.29) is 5.78 Å². The van der Waals surface area contributed by atoms with Crippen LogP contribution in [0.4, 0.5) is 0 Å². The van der Waals surface area contributed by atoms with Crippen molar-refractivity contribution < 1.29 is 4.79 Å². The third kappa shape index (κ3) is 1.30. The highest BCUT2D eigenvalue weighted by molar-refractivity contribution is 7.16. The van der Waals surface area contributed by atoms with Crippen LogP contribution in [0.2, 0.25) is 0 Å². The summed E-state index contributed by atoms with van der Waals surface area (Å²) in [6.45, 7) is 0. The van der Waals surface area contributed by atoms with Gasteiger partial charge in [-0.05, 0) is 0 Å². The van der Waals surface area contributed by atoms with Crippen LogP contribution in [0, 0.1) is 0 Å². The van der Waals surface area contributed by atoms with Crippen molar-refractivity contribution in [2.75, 3.05) is 0 Å². The van der Waals surface area contributed by atoms with Crippen LogP contribution in [-0.2, 0) is 0 Å². The highest BCUT2D eigenvalue weighted by atomic mass is 32.1. The van der Waals surface area contributed by atoms with Crippen LogP contribution in [0.1, 0.15) is 15.4 Å². The highest BCUT2D eigenvalue weighted by Crippen LogP contribution is 2.20. The van der Waals surface area contributed by atoms with Crippen LogP contribution >= 0.6 is 22.7 Å². The summed E-state index contributed by atoms with van der Waals surface area (Å²) in [6.07, 6.45) is 5.11. The van der Waals surface area contributed by atoms with Gasteiger partial charge in [-0.25, -0.2) is 4.98 Å². The summed E-state index contributed by atoms with van der Waals surface area (Å²) in [5, 5.41) is 1.93. The van der Waals surface area contributed by atoms with Gasteiger partial charge in [0.25, 0.3) is 0 Å². The molecule has 74 valence electrons. The summed E-state index contributed by atoms with van der Waals surface area (Å²) < 4.78 is 1.85. The Kier molecular flexibility index (Phi) is 1.90. The van der Waals surface area contributed by atoms with Gasteiger partial charge in [-0.1, -0.05) is 0 Å². The van der Waals surface area contributed by atoms with Crippen molar-refractivity contribution in [3.8, 4) is 0 Å². The maximum atomic E-state index is 12.0. The zero-order valence-corrected chi connectivity index (χ0v) is 9.09. The summed E-state index contributed by atoms with van der Waals surface area (Å²) in [5.74, 6) is -0.0533. The maximum Gasteiger partial charge on any atom is 0.225 e. The molecule has 0 radical (unpaired) electrons. The van der Waals surface area contributed by atoms with E-state index in [1.165, 1.54) is 22.7 Å². The lowest BCUT2D eigenvalue weighted by Gasteiger charge is -1.90. The molecule has 0 saturated heterocycles. The number of hydrogen-bond donors (Lipinski definition) is 0. The molecule has 0 atom stereocenters. The lowest BCUT2D eigenvalue weighted by Crippen LogP contribution is -1.98. The number of carbonyl (C=O) groups is 1. The first-order chi connectivity index (χ1) is 7.36. The highest BCUT2D eigenvalue weighted by Gasteiger charge is 2.17. The first-order valence-corrected chi connectivity index (χ1v) is 5.95. The summed E-state index contributed by atoms with van der Waals surface area (Å²) in [5.41, 5.74) is 2.16. The molecule has 0 aromatic carbocycles. The van der Waals surface area contributed by atoms with Crippen LogP contribution in [0.5, 0.6) is 0 Å². The van der Waals surface area contributed by atoms with Gasteiger partial charge in [0.2, 0.25) is 5.78 Å². The third-order valence-electron chi connectivity index (χ3n) is 2.02. The van der Waals surface area contributed by atoms with E-state index in [2.05, 4.69) is 9.97 Å². The molecule has 3 aromatic heterocycles. The van der Waals surface area contributed by atoms with Crippen molar-refractivity contribution in [1.29, 1.82) is 0 Å². The SMILES string of the molecule is O=C(c1cncs1)c1ncn2ccsc12. The Morgan fingerprint density at radius 2 is 2.33 bits per heavy atom. The molecule has 0 spiro atoms. The summed E-state index contributed by atoms with van der Waals surface area (Å²) >= 11 is 2.85. The Hall–Kier alpha value is -1.53. The molecule has 0 saturated carbocycles. The molecule has 0 amide bonds. The lowest BCUT2D eigenvalue weighted by molar-refractivity contribution is 0.104. The van der Waals surface area contributed by atoms with Crippen LogP contribution in [-0.4, -0.2) is 20.2 Å². The number of thiazole rings is 2. The predicted molar refractivity (Wildman–Crippen MR) is 58.6 cm³/mol. The van der Waals surface area contributed by atoms with Gasteiger partial charge in [-0.3, -0.25) is 14.2 Å². The fourth-order valence-corrected chi connectivity index (χ4v) is 2.70. The topological polar surface area (TPSA) is 47.3 Å². The average Bonchev–Trinajstić information content (AvgIpc) is 2.94. The van der Waals surface area contributed by atoms with Crippen molar-refractivity contribution in [1.82, 2.24) is 14.4 Å². The minimum Gasteiger partial charge on any atom is -0.296 e. The fourth-order valence-electron chi connectivity index (χ4n) is 1.33. The molecule has 0 aliphatic heterocycles. The second-order valence-electron chi connectivity index (χ2n) is 2.90. The first kappa shape index (κ1) is 8.75. The molecule has 0 unspecified atom stereocenters. The molecule has 6 heteroatoms. The monoisotopic (exact) mass is 235 g/mol. The largest absolute Gasteiger partial charge is 0.296 e. The van der Waals surface area contributed by atoms with E-state index < -0.39 is 0 Å². The van der Waals surface area contributed by atoms with E-state index in [1.807, 2.05) is 16.0 Å². The van der Waals surface area contributed by atoms with E-state index >= 15 is 0 Å². The second-order valence-corrected chi connectivity index (χ2v) is 4.68. The number of ketones is 1. The van der Waals surface area contributed by atoms with E-state index in [1.54, 1.807) is 18.0 Å². The van der Waals surface area contributed by atoms with Crippen LogP contribution in [0.3, 0.4) is 0 Å². The van der Waals surface area contributed by atoms with E-state index in [4.69, 9.17) is 0 Å². The minimum absolute atomic E-state index is 0.0533. The van der Waals surface area contributed by atoms with Gasteiger partial charge in [0.15, 0.2) is 0 Å². The van der Waals surface area contributed by atoms with Gasteiger partial charge >= 0.3 is 0 Å². The van der Waals surface area contributed by atoms with Crippen molar-refractivity contribution in [3.63, 3.8) is 0 Å². The molecule has 0 aliphatic carbocycles. The number of aromatic nitrogens is 3. The molecular formula is C9H5N3OS2. The quantitative estimate of drug-likeness (QED) is 0.639. The summed E-state index contributed by atoms with van der Waals surface area (Å²) in [6, 6.07) is 0. The van der Waals surface area contributed by atoms with Crippen LogP contribution in [0.25, 0.3) is 4.83 Å². The fraction of sp³-hybridized carbons (Fsp3) is 0. The Balaban J connectivity index is 2.15. The molecular weight excluding hydrogens is 230 g/mol. The number of rotatable bonds is 2. The predicted octanol–water partition coefficient (Wildman–Crippen LogP) is 2.08. The molecule has 15 heavy (non-hydrogen) atoms. The number of nitrogens with zero attached hydrogens (tertiary/aromatic N) is 3. The van der Waals surface area contributed by atoms with Crippen molar-refractivity contribution >= 4 is 33.3 Å². The van der Waals surface area contributed by atoms with Gasteiger partial charge < -0.3 is 0 Å². The molecule has 0 aliphatic rings. The number of fused-ring (bicyclic) bond motifs is 1. The molecule has 3 heterocycles. The molecule has 4 nitrogen and oxygen atoms in total. The lowest BCUT2D eigenvalue weighted by atomic mass is 10.3. The third-order valence-corrected chi connectivity index (χ3v) is 3.68. The molecule has 3 aromatic rings. The number of hydrogen-bond acceptors (Lipinski definition) is 5. The zero-order chi connectivity index (χ0) is 10.3. The molecule has 0 N–H and O–H groups in total.